The lowest BCUT2D eigenvalue weighted by Gasteiger charge is -2.09. The Morgan fingerprint density at radius 3 is 2.75 bits per heavy atom. The lowest BCUT2D eigenvalue weighted by atomic mass is 10.3. The Hall–Kier alpha value is -1.30. The zero-order valence-corrected chi connectivity index (χ0v) is 13.0. The molecule has 1 aromatic carbocycles. The molecule has 0 aliphatic rings. The first-order valence-electron chi connectivity index (χ1n) is 5.44. The van der Waals surface area contributed by atoms with E-state index in [0.717, 1.165) is 0 Å². The summed E-state index contributed by atoms with van der Waals surface area (Å²) in [4.78, 5) is 14.8. The second-order valence-corrected chi connectivity index (χ2v) is 5.47. The lowest BCUT2D eigenvalue weighted by molar-refractivity contribution is 0.0690. The molecule has 7 heteroatoms. The number of aromatic nitrogens is 1. The van der Waals surface area contributed by atoms with Gasteiger partial charge in [0.1, 0.15) is 18.1 Å². The Morgan fingerprint density at radius 2 is 2.05 bits per heavy atom. The first kappa shape index (κ1) is 15.1. The molecule has 0 aliphatic carbocycles. The number of carboxylic acid groups (broad SMARTS) is 1. The Morgan fingerprint density at radius 1 is 1.30 bits per heavy atom. The van der Waals surface area contributed by atoms with Gasteiger partial charge in [0, 0.05) is 10.5 Å². The van der Waals surface area contributed by atoms with Crippen LogP contribution in [0.5, 0.6) is 5.75 Å². The summed E-state index contributed by atoms with van der Waals surface area (Å²) in [5, 5.41) is 9.73. The third-order valence-electron chi connectivity index (χ3n) is 2.38. The van der Waals surface area contributed by atoms with Gasteiger partial charge in [0.15, 0.2) is 0 Å². The predicted octanol–water partition coefficient (Wildman–Crippen LogP) is 4.43. The molecule has 1 N–H and O–H groups in total. The third-order valence-corrected chi connectivity index (χ3v) is 3.87. The molecule has 2 aromatic rings. The summed E-state index contributed by atoms with van der Waals surface area (Å²) in [5.74, 6) is -0.682. The summed E-state index contributed by atoms with van der Waals surface area (Å²) in [5.41, 5.74) is 0.450. The maximum Gasteiger partial charge on any atom is 0.354 e. The molecule has 4 nitrogen and oxygen atoms in total. The van der Waals surface area contributed by atoms with Crippen molar-refractivity contribution in [2.75, 3.05) is 0 Å². The van der Waals surface area contributed by atoms with Crippen molar-refractivity contribution < 1.29 is 14.6 Å². The number of hydrogen-bond acceptors (Lipinski definition) is 3. The number of ether oxygens (including phenoxy) is 1. The fourth-order valence-corrected chi connectivity index (χ4v) is 2.29. The van der Waals surface area contributed by atoms with Gasteiger partial charge in [0.2, 0.25) is 0 Å². The van der Waals surface area contributed by atoms with Gasteiger partial charge in [-0.3, -0.25) is 0 Å². The molecule has 0 spiro atoms. The van der Waals surface area contributed by atoms with Crippen LogP contribution in [0.1, 0.15) is 16.2 Å². The molecule has 0 bridgehead atoms. The molecule has 0 saturated carbocycles. The lowest BCUT2D eigenvalue weighted by Crippen LogP contribution is -2.05. The molecule has 2 rings (SSSR count). The van der Waals surface area contributed by atoms with E-state index < -0.39 is 5.97 Å². The summed E-state index contributed by atoms with van der Waals surface area (Å²) in [6.07, 6.45) is 0. The monoisotopic (exact) mass is 375 g/mol. The van der Waals surface area contributed by atoms with Gasteiger partial charge >= 0.3 is 5.97 Å². The molecule has 0 unspecified atom stereocenters. The van der Waals surface area contributed by atoms with Crippen molar-refractivity contribution in [1.82, 2.24) is 4.98 Å². The molecule has 0 atom stereocenters. The van der Waals surface area contributed by atoms with Crippen molar-refractivity contribution in [3.05, 3.63) is 56.2 Å². The fourth-order valence-electron chi connectivity index (χ4n) is 1.45. The van der Waals surface area contributed by atoms with Crippen LogP contribution < -0.4 is 4.74 Å². The van der Waals surface area contributed by atoms with Gasteiger partial charge in [-0.15, -0.1) is 0 Å². The van der Waals surface area contributed by atoms with Gasteiger partial charge in [-0.25, -0.2) is 9.78 Å². The number of halogens is 3. The summed E-state index contributed by atoms with van der Waals surface area (Å²) in [6.45, 7) is 0.0960. The van der Waals surface area contributed by atoms with Crippen LogP contribution in [0.15, 0.2) is 34.8 Å². The van der Waals surface area contributed by atoms with Gasteiger partial charge < -0.3 is 9.84 Å². The average Bonchev–Trinajstić information content (AvgIpc) is 2.41. The molecule has 0 saturated heterocycles. The van der Waals surface area contributed by atoms with Crippen LogP contribution in [-0.4, -0.2) is 16.1 Å². The first-order chi connectivity index (χ1) is 9.47. The molecule has 1 heterocycles. The molecular weight excluding hydrogens is 369 g/mol. The molecule has 20 heavy (non-hydrogen) atoms. The number of pyridine rings is 1. The van der Waals surface area contributed by atoms with Crippen molar-refractivity contribution in [3.8, 4) is 5.75 Å². The number of carbonyl (C=O) groups is 1. The second kappa shape index (κ2) is 6.43. The predicted molar refractivity (Wildman–Crippen MR) is 79.7 cm³/mol. The zero-order chi connectivity index (χ0) is 14.7. The standard InChI is InChI=1S/C13H8BrCl2NO3/c14-8-4-10(16)12(5-9(8)15)20-6-7-2-1-3-11(17-7)13(18)19/h1-5H,6H2,(H,18,19). The fraction of sp³-hybridized carbons (Fsp3) is 0.0769. The number of hydrogen-bond donors (Lipinski definition) is 1. The normalized spacial score (nSPS) is 10.3. The van der Waals surface area contributed by atoms with Gasteiger partial charge in [0.25, 0.3) is 0 Å². The number of aromatic carboxylic acids is 1. The first-order valence-corrected chi connectivity index (χ1v) is 6.99. The minimum atomic E-state index is -1.09. The van der Waals surface area contributed by atoms with Crippen LogP contribution in [0, 0.1) is 0 Å². The molecule has 0 aliphatic heterocycles. The molecule has 1 aromatic heterocycles. The van der Waals surface area contributed by atoms with E-state index in [0.29, 0.717) is 26.0 Å². The average molecular weight is 377 g/mol. The maximum absolute atomic E-state index is 10.8. The largest absolute Gasteiger partial charge is 0.486 e. The SMILES string of the molecule is O=C(O)c1cccc(COc2cc(Cl)c(Br)cc2Cl)n1. The van der Waals surface area contributed by atoms with E-state index in [1.165, 1.54) is 6.07 Å². The van der Waals surface area contributed by atoms with Gasteiger partial charge in [-0.1, -0.05) is 29.3 Å². The number of benzene rings is 1. The van der Waals surface area contributed by atoms with E-state index in [-0.39, 0.29) is 12.3 Å². The number of rotatable bonds is 4. The number of nitrogens with zero attached hydrogens (tertiary/aromatic N) is 1. The summed E-state index contributed by atoms with van der Waals surface area (Å²) >= 11 is 15.2. The van der Waals surface area contributed by atoms with Gasteiger partial charge in [-0.2, -0.15) is 0 Å². The van der Waals surface area contributed by atoms with Gasteiger partial charge in [0.05, 0.1) is 15.7 Å². The van der Waals surface area contributed by atoms with E-state index in [1.807, 2.05) is 0 Å². The topological polar surface area (TPSA) is 59.4 Å². The van der Waals surface area contributed by atoms with Crippen LogP contribution in [0.2, 0.25) is 10.0 Å². The smallest absolute Gasteiger partial charge is 0.354 e. The molecule has 104 valence electrons. The summed E-state index contributed by atoms with van der Waals surface area (Å²) in [6, 6.07) is 7.89. The van der Waals surface area contributed by atoms with Crippen molar-refractivity contribution in [2.45, 2.75) is 6.61 Å². The highest BCUT2D eigenvalue weighted by Crippen LogP contribution is 2.34. The Kier molecular flexibility index (Phi) is 4.86. The van der Waals surface area contributed by atoms with Crippen molar-refractivity contribution in [3.63, 3.8) is 0 Å². The highest BCUT2D eigenvalue weighted by atomic mass is 79.9. The van der Waals surface area contributed by atoms with Crippen LogP contribution in [0.4, 0.5) is 0 Å². The van der Waals surface area contributed by atoms with E-state index in [1.54, 1.807) is 24.3 Å². The van der Waals surface area contributed by atoms with E-state index in [2.05, 4.69) is 20.9 Å². The quantitative estimate of drug-likeness (QED) is 0.802. The van der Waals surface area contributed by atoms with Crippen LogP contribution in [-0.2, 0) is 6.61 Å². The minimum absolute atomic E-state index is 0.0361. The zero-order valence-electron chi connectivity index (χ0n) is 9.94. The van der Waals surface area contributed by atoms with Gasteiger partial charge in [-0.05, 0) is 34.1 Å². The Bertz CT molecular complexity index is 664. The molecule has 0 radical (unpaired) electrons. The van der Waals surface area contributed by atoms with E-state index in [4.69, 9.17) is 33.0 Å². The highest BCUT2D eigenvalue weighted by Gasteiger charge is 2.09. The van der Waals surface area contributed by atoms with E-state index >= 15 is 0 Å². The van der Waals surface area contributed by atoms with E-state index in [9.17, 15) is 4.79 Å². The summed E-state index contributed by atoms with van der Waals surface area (Å²) in [7, 11) is 0. The Labute approximate surface area is 133 Å². The minimum Gasteiger partial charge on any atom is -0.486 e. The van der Waals surface area contributed by atoms with Crippen molar-refractivity contribution in [2.24, 2.45) is 0 Å². The highest BCUT2D eigenvalue weighted by molar-refractivity contribution is 9.10. The maximum atomic E-state index is 10.8. The number of carboxylic acids is 1. The van der Waals surface area contributed by atoms with Crippen molar-refractivity contribution in [1.29, 1.82) is 0 Å². The second-order valence-electron chi connectivity index (χ2n) is 3.80. The molecular formula is C13H8BrCl2NO3. The molecule has 0 amide bonds. The Balaban J connectivity index is 2.15. The third kappa shape index (κ3) is 3.62. The van der Waals surface area contributed by atoms with Crippen LogP contribution in [0.3, 0.4) is 0 Å². The van der Waals surface area contributed by atoms with Crippen LogP contribution in [0.25, 0.3) is 0 Å². The molecule has 0 fully saturated rings. The van der Waals surface area contributed by atoms with Crippen molar-refractivity contribution >= 4 is 45.1 Å². The summed E-state index contributed by atoms with van der Waals surface area (Å²) < 4.78 is 6.17. The van der Waals surface area contributed by atoms with Crippen LogP contribution >= 0.6 is 39.1 Å².